The molecular formula is C30H22N2O. The summed E-state index contributed by atoms with van der Waals surface area (Å²) in [6, 6.07) is 34.6. The van der Waals surface area contributed by atoms with Crippen LogP contribution in [0.4, 0.5) is 0 Å². The smallest absolute Gasteiger partial charge is 0.124 e. The van der Waals surface area contributed by atoms with Crippen LogP contribution in [0, 0.1) is 0 Å². The van der Waals surface area contributed by atoms with E-state index in [2.05, 4.69) is 59.6 Å². The molecule has 3 nitrogen and oxygen atoms in total. The second-order valence-corrected chi connectivity index (χ2v) is 8.28. The highest BCUT2D eigenvalue weighted by Gasteiger charge is 2.19. The Morgan fingerprint density at radius 3 is 2.24 bits per heavy atom. The van der Waals surface area contributed by atoms with Gasteiger partial charge in [0.1, 0.15) is 5.75 Å². The molecule has 0 spiro atoms. The van der Waals surface area contributed by atoms with E-state index in [4.69, 9.17) is 4.98 Å². The van der Waals surface area contributed by atoms with Crippen LogP contribution in [0.2, 0.25) is 0 Å². The number of nitrogens with zero attached hydrogens (tertiary/aromatic N) is 1. The molecule has 0 aliphatic rings. The minimum absolute atomic E-state index is 0.224. The van der Waals surface area contributed by atoms with Gasteiger partial charge >= 0.3 is 0 Å². The number of hydrogen-bond donors (Lipinski definition) is 2. The van der Waals surface area contributed by atoms with Gasteiger partial charge in [0.05, 0.1) is 11.2 Å². The van der Waals surface area contributed by atoms with Gasteiger partial charge in [0.15, 0.2) is 0 Å². The zero-order valence-corrected chi connectivity index (χ0v) is 18.0. The quantitative estimate of drug-likeness (QED) is 0.310. The highest BCUT2D eigenvalue weighted by Crippen LogP contribution is 2.41. The van der Waals surface area contributed by atoms with Crippen LogP contribution >= 0.6 is 0 Å². The molecule has 3 heteroatoms. The van der Waals surface area contributed by atoms with Crippen LogP contribution in [0.3, 0.4) is 0 Å². The van der Waals surface area contributed by atoms with E-state index in [1.807, 2.05) is 48.7 Å². The molecule has 0 fully saturated rings. The maximum atomic E-state index is 10.6. The molecule has 0 saturated carbocycles. The summed E-state index contributed by atoms with van der Waals surface area (Å²) in [5.74, 6) is 0.224. The molecule has 0 saturated heterocycles. The lowest BCUT2D eigenvalue weighted by Gasteiger charge is -2.12. The zero-order chi connectivity index (χ0) is 22.2. The van der Waals surface area contributed by atoms with Crippen LogP contribution in [0.5, 0.6) is 5.75 Å². The molecule has 158 valence electrons. The molecule has 0 radical (unpaired) electrons. The number of phenolic OH excluding ortho intramolecular Hbond substituents is 1. The zero-order valence-electron chi connectivity index (χ0n) is 18.0. The van der Waals surface area contributed by atoms with E-state index in [0.717, 1.165) is 45.2 Å². The van der Waals surface area contributed by atoms with Gasteiger partial charge in [-0.15, -0.1) is 0 Å². The van der Waals surface area contributed by atoms with Gasteiger partial charge in [-0.25, -0.2) is 0 Å². The summed E-state index contributed by atoms with van der Waals surface area (Å²) in [6.07, 6.45) is 2.80. The minimum atomic E-state index is 0.224. The lowest BCUT2D eigenvalue weighted by molar-refractivity contribution is 0.477. The van der Waals surface area contributed by atoms with Crippen molar-refractivity contribution in [2.45, 2.75) is 6.42 Å². The van der Waals surface area contributed by atoms with E-state index in [0.29, 0.717) is 0 Å². The van der Waals surface area contributed by atoms with Gasteiger partial charge in [0.25, 0.3) is 0 Å². The summed E-state index contributed by atoms with van der Waals surface area (Å²) in [5.41, 5.74) is 8.21. The highest BCUT2D eigenvalue weighted by molar-refractivity contribution is 6.15. The minimum Gasteiger partial charge on any atom is -0.507 e. The predicted octanol–water partition coefficient (Wildman–Crippen LogP) is 7.35. The van der Waals surface area contributed by atoms with E-state index in [1.54, 1.807) is 6.07 Å². The van der Waals surface area contributed by atoms with Gasteiger partial charge in [-0.1, -0.05) is 84.9 Å². The standard InChI is InChI=1S/C30H22N2O/c33-26-17-8-7-15-23(26)29-28(21-12-5-2-6-13-21)30-24(19-31-29)27-22(14-9-16-25(27)32-30)18-20-10-3-1-4-11-20/h1-17,19,32-33H,18H2. The van der Waals surface area contributed by atoms with Crippen molar-refractivity contribution in [2.75, 3.05) is 0 Å². The number of fused-ring (bicyclic) bond motifs is 3. The molecular weight excluding hydrogens is 404 g/mol. The van der Waals surface area contributed by atoms with Crippen molar-refractivity contribution in [3.05, 3.63) is 120 Å². The van der Waals surface area contributed by atoms with Gasteiger partial charge in [0, 0.05) is 33.6 Å². The Morgan fingerprint density at radius 1 is 0.727 bits per heavy atom. The number of pyridine rings is 1. The third-order valence-corrected chi connectivity index (χ3v) is 6.22. The number of benzene rings is 4. The molecule has 2 heterocycles. The van der Waals surface area contributed by atoms with Gasteiger partial charge in [0.2, 0.25) is 0 Å². The van der Waals surface area contributed by atoms with Crippen molar-refractivity contribution in [1.29, 1.82) is 0 Å². The second kappa shape index (κ2) is 7.95. The lowest BCUT2D eigenvalue weighted by Crippen LogP contribution is -1.92. The first-order chi connectivity index (χ1) is 16.3. The number of rotatable bonds is 4. The SMILES string of the molecule is Oc1ccccc1-c1ncc2c([nH]c3cccc(Cc4ccccc4)c32)c1-c1ccccc1. The molecule has 0 aliphatic heterocycles. The summed E-state index contributed by atoms with van der Waals surface area (Å²) >= 11 is 0. The topological polar surface area (TPSA) is 48.9 Å². The fraction of sp³-hybridized carbons (Fsp3) is 0.0333. The number of nitrogens with one attached hydrogen (secondary N) is 1. The Labute approximate surface area is 192 Å². The van der Waals surface area contributed by atoms with Crippen molar-refractivity contribution in [2.24, 2.45) is 0 Å². The summed E-state index contributed by atoms with van der Waals surface area (Å²) in [6.45, 7) is 0. The second-order valence-electron chi connectivity index (χ2n) is 8.28. The Bertz CT molecular complexity index is 1580. The molecule has 0 atom stereocenters. The molecule has 2 aromatic heterocycles. The summed E-state index contributed by atoms with van der Waals surface area (Å²) in [4.78, 5) is 8.58. The van der Waals surface area contributed by atoms with E-state index < -0.39 is 0 Å². The Kier molecular flexibility index (Phi) is 4.66. The first kappa shape index (κ1) is 19.3. The van der Waals surface area contributed by atoms with Gasteiger partial charge < -0.3 is 10.1 Å². The third-order valence-electron chi connectivity index (χ3n) is 6.22. The number of H-pyrrole nitrogens is 1. The van der Waals surface area contributed by atoms with Crippen molar-refractivity contribution < 1.29 is 5.11 Å². The average molecular weight is 427 g/mol. The molecule has 0 bridgehead atoms. The number of phenols is 1. The molecule has 0 aliphatic carbocycles. The maximum absolute atomic E-state index is 10.6. The van der Waals surface area contributed by atoms with E-state index in [1.165, 1.54) is 16.5 Å². The summed E-state index contributed by atoms with van der Waals surface area (Å²) < 4.78 is 0. The normalized spacial score (nSPS) is 11.3. The van der Waals surface area contributed by atoms with Crippen LogP contribution in [-0.2, 0) is 6.42 Å². The monoisotopic (exact) mass is 426 g/mol. The van der Waals surface area contributed by atoms with E-state index in [9.17, 15) is 5.11 Å². The van der Waals surface area contributed by atoms with E-state index in [-0.39, 0.29) is 5.75 Å². The lowest BCUT2D eigenvalue weighted by atomic mass is 9.95. The van der Waals surface area contributed by atoms with E-state index >= 15 is 0 Å². The van der Waals surface area contributed by atoms with Gasteiger partial charge in [-0.05, 0) is 41.3 Å². The Morgan fingerprint density at radius 2 is 1.45 bits per heavy atom. The van der Waals surface area contributed by atoms with Crippen molar-refractivity contribution >= 4 is 21.8 Å². The van der Waals surface area contributed by atoms with Crippen LogP contribution in [-0.4, -0.2) is 15.1 Å². The molecule has 6 rings (SSSR count). The van der Waals surface area contributed by atoms with Gasteiger partial charge in [-0.2, -0.15) is 0 Å². The van der Waals surface area contributed by atoms with Crippen molar-refractivity contribution in [1.82, 2.24) is 9.97 Å². The van der Waals surface area contributed by atoms with Crippen molar-refractivity contribution in [3.63, 3.8) is 0 Å². The highest BCUT2D eigenvalue weighted by atomic mass is 16.3. The molecule has 0 unspecified atom stereocenters. The van der Waals surface area contributed by atoms with Crippen LogP contribution in [0.15, 0.2) is 109 Å². The summed E-state index contributed by atoms with van der Waals surface area (Å²) in [7, 11) is 0. The first-order valence-corrected chi connectivity index (χ1v) is 11.1. The first-order valence-electron chi connectivity index (χ1n) is 11.1. The largest absolute Gasteiger partial charge is 0.507 e. The number of hydrogen-bond acceptors (Lipinski definition) is 2. The fourth-order valence-corrected chi connectivity index (χ4v) is 4.71. The number of aromatic nitrogens is 2. The Balaban J connectivity index is 1.66. The number of aromatic amines is 1. The molecule has 33 heavy (non-hydrogen) atoms. The molecule has 2 N–H and O–H groups in total. The predicted molar refractivity (Wildman–Crippen MR) is 135 cm³/mol. The van der Waals surface area contributed by atoms with Gasteiger partial charge in [-0.3, -0.25) is 4.98 Å². The van der Waals surface area contributed by atoms with Crippen LogP contribution in [0.25, 0.3) is 44.2 Å². The van der Waals surface area contributed by atoms with Crippen LogP contribution in [0.1, 0.15) is 11.1 Å². The molecule has 4 aromatic carbocycles. The third kappa shape index (κ3) is 3.35. The average Bonchev–Trinajstić information content (AvgIpc) is 3.25. The Hall–Kier alpha value is -4.37. The maximum Gasteiger partial charge on any atom is 0.124 e. The summed E-state index contributed by atoms with van der Waals surface area (Å²) in [5, 5.41) is 12.9. The van der Waals surface area contributed by atoms with Crippen molar-refractivity contribution in [3.8, 4) is 28.1 Å². The van der Waals surface area contributed by atoms with Crippen LogP contribution < -0.4 is 0 Å². The molecule has 6 aromatic rings. The fourth-order valence-electron chi connectivity index (χ4n) is 4.71. The number of aromatic hydroxyl groups is 1. The molecule has 0 amide bonds. The number of para-hydroxylation sites is 1.